The van der Waals surface area contributed by atoms with Crippen molar-refractivity contribution < 1.29 is 0 Å². The van der Waals surface area contributed by atoms with Crippen LogP contribution in [-0.4, -0.2) is 15.8 Å². The zero-order chi connectivity index (χ0) is 13.9. The minimum absolute atomic E-state index is 0.627. The summed E-state index contributed by atoms with van der Waals surface area (Å²) in [6, 6.07) is 13.7. The molecule has 106 valence electrons. The van der Waals surface area contributed by atoms with Crippen LogP contribution in [0.2, 0.25) is 0 Å². The molecule has 2 unspecified atom stereocenters. The summed E-state index contributed by atoms with van der Waals surface area (Å²) < 4.78 is 2.12. The molecule has 0 bridgehead atoms. The van der Waals surface area contributed by atoms with Gasteiger partial charge in [-0.25, -0.2) is 0 Å². The van der Waals surface area contributed by atoms with Crippen LogP contribution in [-0.2, 0) is 19.5 Å². The van der Waals surface area contributed by atoms with Crippen LogP contribution >= 0.6 is 0 Å². The Hall–Kier alpha value is -1.61. The van der Waals surface area contributed by atoms with Gasteiger partial charge in [-0.3, -0.25) is 4.68 Å². The fourth-order valence-corrected chi connectivity index (χ4v) is 2.83. The van der Waals surface area contributed by atoms with Crippen LogP contribution in [0, 0.1) is 0 Å². The molecule has 1 aliphatic rings. The minimum atomic E-state index is 0.627. The van der Waals surface area contributed by atoms with Crippen molar-refractivity contribution in [3.05, 3.63) is 53.3 Å². The monoisotopic (exact) mass is 269 g/mol. The normalized spacial score (nSPS) is 21.1. The first-order valence-electron chi connectivity index (χ1n) is 7.65. The number of aromatic nitrogens is 2. The molecule has 20 heavy (non-hydrogen) atoms. The molecule has 0 saturated heterocycles. The molecule has 1 aromatic heterocycles. The summed E-state index contributed by atoms with van der Waals surface area (Å²) in [6.45, 7) is 6.18. The molecule has 0 spiro atoms. The maximum atomic E-state index is 4.60. The smallest absolute Gasteiger partial charge is 0.0625 e. The molecule has 0 radical (unpaired) electrons. The van der Waals surface area contributed by atoms with Crippen molar-refractivity contribution in [1.29, 1.82) is 0 Å². The highest BCUT2D eigenvalue weighted by Crippen LogP contribution is 2.40. The maximum absolute atomic E-state index is 4.60. The quantitative estimate of drug-likeness (QED) is 0.873. The zero-order valence-corrected chi connectivity index (χ0v) is 12.3. The SMILES string of the molecule is CCc1cc(CNC2CC2c2ccccc2)n(CC)n1. The Morgan fingerprint density at radius 1 is 1.25 bits per heavy atom. The van der Waals surface area contributed by atoms with Gasteiger partial charge in [0.05, 0.1) is 11.4 Å². The number of hydrogen-bond donors (Lipinski definition) is 1. The van der Waals surface area contributed by atoms with Gasteiger partial charge in [0.15, 0.2) is 0 Å². The van der Waals surface area contributed by atoms with Gasteiger partial charge in [-0.05, 0) is 31.4 Å². The highest BCUT2D eigenvalue weighted by atomic mass is 15.3. The van der Waals surface area contributed by atoms with Gasteiger partial charge >= 0.3 is 0 Å². The molecule has 0 amide bonds. The van der Waals surface area contributed by atoms with Crippen LogP contribution in [0.5, 0.6) is 0 Å². The van der Waals surface area contributed by atoms with E-state index in [4.69, 9.17) is 0 Å². The first-order chi connectivity index (χ1) is 9.81. The minimum Gasteiger partial charge on any atom is -0.308 e. The van der Waals surface area contributed by atoms with Crippen molar-refractivity contribution in [3.8, 4) is 0 Å². The van der Waals surface area contributed by atoms with Gasteiger partial charge in [-0.1, -0.05) is 37.3 Å². The predicted octanol–water partition coefficient (Wildman–Crippen LogP) is 3.11. The maximum Gasteiger partial charge on any atom is 0.0625 e. The van der Waals surface area contributed by atoms with Crippen LogP contribution < -0.4 is 5.32 Å². The van der Waals surface area contributed by atoms with E-state index in [9.17, 15) is 0 Å². The van der Waals surface area contributed by atoms with Crippen LogP contribution in [0.25, 0.3) is 0 Å². The Morgan fingerprint density at radius 2 is 2.05 bits per heavy atom. The summed E-state index contributed by atoms with van der Waals surface area (Å²) in [7, 11) is 0. The fraction of sp³-hybridized carbons (Fsp3) is 0.471. The Morgan fingerprint density at radius 3 is 2.75 bits per heavy atom. The highest BCUT2D eigenvalue weighted by molar-refractivity contribution is 5.27. The average Bonchev–Trinajstić information content (AvgIpc) is 3.17. The second-order valence-corrected chi connectivity index (χ2v) is 5.54. The third-order valence-corrected chi connectivity index (χ3v) is 4.14. The lowest BCUT2D eigenvalue weighted by molar-refractivity contribution is 0.572. The Bertz CT molecular complexity index is 559. The van der Waals surface area contributed by atoms with Crippen LogP contribution in [0.3, 0.4) is 0 Å². The molecule has 1 fully saturated rings. The van der Waals surface area contributed by atoms with Crippen molar-refractivity contribution in [2.75, 3.05) is 0 Å². The van der Waals surface area contributed by atoms with Gasteiger partial charge in [0.2, 0.25) is 0 Å². The van der Waals surface area contributed by atoms with E-state index in [2.05, 4.69) is 65.3 Å². The number of nitrogens with zero attached hydrogens (tertiary/aromatic N) is 2. The average molecular weight is 269 g/mol. The number of aryl methyl sites for hydroxylation is 2. The summed E-state index contributed by atoms with van der Waals surface area (Å²) >= 11 is 0. The van der Waals surface area contributed by atoms with Crippen molar-refractivity contribution >= 4 is 0 Å². The fourth-order valence-electron chi connectivity index (χ4n) is 2.83. The van der Waals surface area contributed by atoms with E-state index in [0.29, 0.717) is 12.0 Å². The Kier molecular flexibility index (Phi) is 3.88. The van der Waals surface area contributed by atoms with Gasteiger partial charge in [0.1, 0.15) is 0 Å². The molecule has 3 nitrogen and oxygen atoms in total. The van der Waals surface area contributed by atoms with Gasteiger partial charge < -0.3 is 5.32 Å². The van der Waals surface area contributed by atoms with Crippen molar-refractivity contribution in [2.45, 2.75) is 51.7 Å². The van der Waals surface area contributed by atoms with Crippen LogP contribution in [0.15, 0.2) is 36.4 Å². The lowest BCUT2D eigenvalue weighted by Crippen LogP contribution is -2.19. The standard InChI is InChI=1S/C17H23N3/c1-3-14-10-15(20(4-2)19-14)12-18-17-11-16(17)13-8-6-5-7-9-13/h5-10,16-18H,3-4,11-12H2,1-2H3. The first-order valence-corrected chi connectivity index (χ1v) is 7.65. The molecule has 3 heteroatoms. The largest absolute Gasteiger partial charge is 0.308 e. The molecule has 1 saturated carbocycles. The van der Waals surface area contributed by atoms with E-state index in [-0.39, 0.29) is 0 Å². The van der Waals surface area contributed by atoms with E-state index < -0.39 is 0 Å². The highest BCUT2D eigenvalue weighted by Gasteiger charge is 2.37. The van der Waals surface area contributed by atoms with E-state index in [0.717, 1.165) is 19.5 Å². The third kappa shape index (κ3) is 2.78. The molecular formula is C17H23N3. The molecule has 3 rings (SSSR count). The molecule has 1 heterocycles. The molecule has 1 aromatic carbocycles. The summed E-state index contributed by atoms with van der Waals surface area (Å²) in [5, 5.41) is 8.27. The van der Waals surface area contributed by atoms with Gasteiger partial charge in [0.25, 0.3) is 0 Å². The molecule has 0 aliphatic heterocycles. The van der Waals surface area contributed by atoms with E-state index in [1.54, 1.807) is 0 Å². The van der Waals surface area contributed by atoms with Crippen molar-refractivity contribution in [1.82, 2.24) is 15.1 Å². The van der Waals surface area contributed by atoms with Gasteiger partial charge in [-0.2, -0.15) is 5.10 Å². The first kappa shape index (κ1) is 13.4. The summed E-state index contributed by atoms with van der Waals surface area (Å²) in [4.78, 5) is 0. The van der Waals surface area contributed by atoms with Gasteiger partial charge in [0, 0.05) is 25.0 Å². The second-order valence-electron chi connectivity index (χ2n) is 5.54. The number of nitrogens with one attached hydrogen (secondary N) is 1. The summed E-state index contributed by atoms with van der Waals surface area (Å²) in [6.07, 6.45) is 2.26. The van der Waals surface area contributed by atoms with E-state index in [1.165, 1.54) is 23.4 Å². The van der Waals surface area contributed by atoms with Crippen molar-refractivity contribution in [2.24, 2.45) is 0 Å². The topological polar surface area (TPSA) is 29.9 Å². The predicted molar refractivity (Wildman–Crippen MR) is 81.7 cm³/mol. The molecule has 1 N–H and O–H groups in total. The third-order valence-electron chi connectivity index (χ3n) is 4.14. The summed E-state index contributed by atoms with van der Waals surface area (Å²) in [5.41, 5.74) is 3.96. The molecule has 1 aliphatic carbocycles. The summed E-state index contributed by atoms with van der Waals surface area (Å²) in [5.74, 6) is 0.694. The van der Waals surface area contributed by atoms with Gasteiger partial charge in [-0.15, -0.1) is 0 Å². The molecule has 2 aromatic rings. The van der Waals surface area contributed by atoms with E-state index >= 15 is 0 Å². The van der Waals surface area contributed by atoms with E-state index in [1.807, 2.05) is 0 Å². The lowest BCUT2D eigenvalue weighted by atomic mass is 10.1. The molecular weight excluding hydrogens is 246 g/mol. The lowest BCUT2D eigenvalue weighted by Gasteiger charge is -2.06. The van der Waals surface area contributed by atoms with Crippen LogP contribution in [0.4, 0.5) is 0 Å². The molecule has 2 atom stereocenters. The zero-order valence-electron chi connectivity index (χ0n) is 12.3. The number of rotatable bonds is 6. The Balaban J connectivity index is 1.57. The second kappa shape index (κ2) is 5.80. The number of benzene rings is 1. The van der Waals surface area contributed by atoms with Crippen molar-refractivity contribution in [3.63, 3.8) is 0 Å². The number of hydrogen-bond acceptors (Lipinski definition) is 2. The Labute approximate surface area is 121 Å². The van der Waals surface area contributed by atoms with Crippen LogP contribution in [0.1, 0.15) is 43.1 Å².